The Balaban J connectivity index is 2.00. The number of nitrogens with one attached hydrogen (secondary N) is 1. The van der Waals surface area contributed by atoms with Crippen LogP contribution in [-0.2, 0) is 0 Å². The molecule has 0 atom stereocenters. The van der Waals surface area contributed by atoms with Crippen molar-refractivity contribution in [3.63, 3.8) is 0 Å². The predicted octanol–water partition coefficient (Wildman–Crippen LogP) is 1.88. The molecular formula is C20H16N6O2. The van der Waals surface area contributed by atoms with Crippen LogP contribution in [0.25, 0.3) is 5.69 Å². The van der Waals surface area contributed by atoms with E-state index in [1.807, 2.05) is 19.1 Å². The number of hydrogen-bond donors (Lipinski definition) is 1. The van der Waals surface area contributed by atoms with E-state index < -0.39 is 11.5 Å². The quantitative estimate of drug-likeness (QED) is 0.555. The first-order chi connectivity index (χ1) is 13.5. The zero-order chi connectivity index (χ0) is 20.1. The summed E-state index contributed by atoms with van der Waals surface area (Å²) in [6.45, 7) is 3.38. The third-order valence-electron chi connectivity index (χ3n) is 3.97. The molecule has 1 amide bonds. The Bertz CT molecular complexity index is 1160. The average molecular weight is 372 g/mol. The fraction of sp³-hybridized carbons (Fsp3) is 0.100. The van der Waals surface area contributed by atoms with E-state index in [4.69, 9.17) is 0 Å². The fourth-order valence-corrected chi connectivity index (χ4v) is 2.56. The number of amides is 1. The summed E-state index contributed by atoms with van der Waals surface area (Å²) in [6.07, 6.45) is 4.65. The summed E-state index contributed by atoms with van der Waals surface area (Å²) in [6, 6.07) is 12.4. The van der Waals surface area contributed by atoms with Crippen molar-refractivity contribution in [2.75, 3.05) is 0 Å². The molecule has 0 aliphatic carbocycles. The highest BCUT2D eigenvalue weighted by Crippen LogP contribution is 2.11. The number of benzene rings is 1. The number of aryl methyl sites for hydroxylation is 1. The second kappa shape index (κ2) is 8.05. The maximum atomic E-state index is 12.6. The van der Waals surface area contributed by atoms with Gasteiger partial charge in [0.1, 0.15) is 11.6 Å². The van der Waals surface area contributed by atoms with Gasteiger partial charge in [0.05, 0.1) is 11.9 Å². The molecule has 0 aliphatic rings. The van der Waals surface area contributed by atoms with Gasteiger partial charge in [-0.1, -0.05) is 18.2 Å². The van der Waals surface area contributed by atoms with Crippen LogP contribution in [0, 0.1) is 25.2 Å². The van der Waals surface area contributed by atoms with Crippen molar-refractivity contribution in [3.05, 3.63) is 87.1 Å². The lowest BCUT2D eigenvalue weighted by Gasteiger charge is -2.11. The SMILES string of the molecule is Cc1cccc(-n2nc(C(=O)N/N=C/c3cccnc3)c(C)c(C#N)c2=O)c1. The molecule has 8 heteroatoms. The second-order valence-electron chi connectivity index (χ2n) is 6.00. The number of hydrazone groups is 1. The van der Waals surface area contributed by atoms with Gasteiger partial charge in [0, 0.05) is 23.5 Å². The van der Waals surface area contributed by atoms with Gasteiger partial charge in [-0.25, -0.2) is 5.43 Å². The molecular weight excluding hydrogens is 356 g/mol. The molecule has 8 nitrogen and oxygen atoms in total. The van der Waals surface area contributed by atoms with Crippen molar-refractivity contribution >= 4 is 12.1 Å². The highest BCUT2D eigenvalue weighted by Gasteiger charge is 2.20. The Morgan fingerprint density at radius 2 is 2.11 bits per heavy atom. The third kappa shape index (κ3) is 3.83. The van der Waals surface area contributed by atoms with Gasteiger partial charge < -0.3 is 0 Å². The zero-order valence-corrected chi connectivity index (χ0v) is 15.2. The third-order valence-corrected chi connectivity index (χ3v) is 3.97. The maximum absolute atomic E-state index is 12.6. The highest BCUT2D eigenvalue weighted by molar-refractivity contribution is 5.94. The van der Waals surface area contributed by atoms with Crippen LogP contribution in [0.2, 0.25) is 0 Å². The molecule has 28 heavy (non-hydrogen) atoms. The predicted molar refractivity (Wildman–Crippen MR) is 103 cm³/mol. The first kappa shape index (κ1) is 18.7. The summed E-state index contributed by atoms with van der Waals surface area (Å²) < 4.78 is 1.05. The molecule has 138 valence electrons. The molecule has 3 aromatic rings. The number of aromatic nitrogens is 3. The normalized spacial score (nSPS) is 10.6. The summed E-state index contributed by atoms with van der Waals surface area (Å²) in [5.74, 6) is -0.629. The van der Waals surface area contributed by atoms with Crippen LogP contribution in [0.3, 0.4) is 0 Å². The number of carbonyl (C=O) groups excluding carboxylic acids is 1. The van der Waals surface area contributed by atoms with Gasteiger partial charge in [-0.05, 0) is 37.6 Å². The fourth-order valence-electron chi connectivity index (χ4n) is 2.56. The van der Waals surface area contributed by atoms with E-state index in [9.17, 15) is 14.9 Å². The monoisotopic (exact) mass is 372 g/mol. The van der Waals surface area contributed by atoms with Crippen LogP contribution in [0.1, 0.15) is 32.7 Å². The molecule has 0 bridgehead atoms. The number of rotatable bonds is 4. The lowest BCUT2D eigenvalue weighted by molar-refractivity contribution is 0.0947. The minimum atomic E-state index is -0.629. The van der Waals surface area contributed by atoms with E-state index in [0.29, 0.717) is 11.3 Å². The van der Waals surface area contributed by atoms with E-state index in [1.165, 1.54) is 13.1 Å². The van der Waals surface area contributed by atoms with Crippen molar-refractivity contribution in [1.29, 1.82) is 5.26 Å². The summed E-state index contributed by atoms with van der Waals surface area (Å²) in [5.41, 5.74) is 3.87. The van der Waals surface area contributed by atoms with Crippen molar-refractivity contribution < 1.29 is 4.79 Å². The summed E-state index contributed by atoms with van der Waals surface area (Å²) in [4.78, 5) is 29.1. The Kier molecular flexibility index (Phi) is 5.37. The molecule has 0 aliphatic heterocycles. The van der Waals surface area contributed by atoms with Crippen LogP contribution in [0.15, 0.2) is 58.7 Å². The van der Waals surface area contributed by atoms with Crippen LogP contribution in [0.5, 0.6) is 0 Å². The number of nitrogens with zero attached hydrogens (tertiary/aromatic N) is 5. The topological polar surface area (TPSA) is 113 Å². The Labute approximate surface area is 160 Å². The van der Waals surface area contributed by atoms with Crippen LogP contribution < -0.4 is 11.0 Å². The van der Waals surface area contributed by atoms with E-state index in [2.05, 4.69) is 20.6 Å². The average Bonchev–Trinajstić information content (AvgIpc) is 2.69. The van der Waals surface area contributed by atoms with Gasteiger partial charge in [0.2, 0.25) is 0 Å². The molecule has 0 fully saturated rings. The zero-order valence-electron chi connectivity index (χ0n) is 15.2. The van der Waals surface area contributed by atoms with Gasteiger partial charge in [-0.3, -0.25) is 14.6 Å². The lowest BCUT2D eigenvalue weighted by atomic mass is 10.1. The minimum absolute atomic E-state index is 0.0546. The number of nitriles is 1. The molecule has 3 rings (SSSR count). The largest absolute Gasteiger partial charge is 0.292 e. The van der Waals surface area contributed by atoms with E-state index in [1.54, 1.807) is 42.7 Å². The van der Waals surface area contributed by atoms with E-state index in [0.717, 1.165) is 10.2 Å². The van der Waals surface area contributed by atoms with Crippen LogP contribution in [-0.4, -0.2) is 26.9 Å². The summed E-state index contributed by atoms with van der Waals surface area (Å²) in [7, 11) is 0. The molecule has 1 N–H and O–H groups in total. The van der Waals surface area contributed by atoms with Gasteiger partial charge in [-0.2, -0.15) is 20.1 Å². The van der Waals surface area contributed by atoms with Crippen molar-refractivity contribution in [2.24, 2.45) is 5.10 Å². The number of pyridine rings is 1. The highest BCUT2D eigenvalue weighted by atomic mass is 16.2. The Morgan fingerprint density at radius 3 is 2.79 bits per heavy atom. The molecule has 0 saturated carbocycles. The molecule has 0 saturated heterocycles. The molecule has 0 radical (unpaired) electrons. The number of hydrogen-bond acceptors (Lipinski definition) is 6. The van der Waals surface area contributed by atoms with E-state index >= 15 is 0 Å². The van der Waals surface area contributed by atoms with Gasteiger partial charge in [-0.15, -0.1) is 0 Å². The smallest absolute Gasteiger partial charge is 0.266 e. The first-order valence-electron chi connectivity index (χ1n) is 8.35. The lowest BCUT2D eigenvalue weighted by Crippen LogP contribution is -2.31. The van der Waals surface area contributed by atoms with Crippen LogP contribution >= 0.6 is 0 Å². The maximum Gasteiger partial charge on any atom is 0.292 e. The van der Waals surface area contributed by atoms with Crippen molar-refractivity contribution in [1.82, 2.24) is 20.2 Å². The molecule has 0 unspecified atom stereocenters. The summed E-state index contributed by atoms with van der Waals surface area (Å²) >= 11 is 0. The second-order valence-corrected chi connectivity index (χ2v) is 6.00. The minimum Gasteiger partial charge on any atom is -0.266 e. The first-order valence-corrected chi connectivity index (χ1v) is 8.35. The standard InChI is InChI=1S/C20H16N6O2/c1-13-5-3-7-16(9-13)26-20(28)17(10-21)14(2)18(25-26)19(27)24-23-12-15-6-4-8-22-11-15/h3-9,11-12H,1-2H3,(H,24,27)/b23-12+. The number of carbonyl (C=O) groups is 1. The summed E-state index contributed by atoms with van der Waals surface area (Å²) in [5, 5.41) is 17.4. The molecule has 2 heterocycles. The van der Waals surface area contributed by atoms with Gasteiger partial charge >= 0.3 is 0 Å². The van der Waals surface area contributed by atoms with Gasteiger partial charge in [0.15, 0.2) is 5.69 Å². The van der Waals surface area contributed by atoms with Crippen molar-refractivity contribution in [2.45, 2.75) is 13.8 Å². The molecule has 2 aromatic heterocycles. The van der Waals surface area contributed by atoms with Crippen molar-refractivity contribution in [3.8, 4) is 11.8 Å². The van der Waals surface area contributed by atoms with Crippen LogP contribution in [0.4, 0.5) is 0 Å². The van der Waals surface area contributed by atoms with Gasteiger partial charge in [0.25, 0.3) is 11.5 Å². The molecule has 0 spiro atoms. The Morgan fingerprint density at radius 1 is 1.29 bits per heavy atom. The van der Waals surface area contributed by atoms with E-state index in [-0.39, 0.29) is 16.8 Å². The Hall–Kier alpha value is -4.12. The molecule has 1 aromatic carbocycles.